The van der Waals surface area contributed by atoms with E-state index in [4.69, 9.17) is 16.3 Å². The Kier molecular flexibility index (Phi) is 3.16. The predicted molar refractivity (Wildman–Crippen MR) is 77.9 cm³/mol. The first-order valence-electron chi connectivity index (χ1n) is 6.02. The van der Waals surface area contributed by atoms with E-state index < -0.39 is 5.97 Å². The number of rotatable bonds is 2. The van der Waals surface area contributed by atoms with Crippen molar-refractivity contribution < 1.29 is 9.53 Å². The third-order valence-corrected chi connectivity index (χ3v) is 3.29. The van der Waals surface area contributed by atoms with Crippen LogP contribution < -0.4 is 0 Å². The molecule has 1 N–H and O–H groups in total. The molecule has 3 rings (SSSR count). The zero-order valence-corrected chi connectivity index (χ0v) is 11.4. The molecule has 20 heavy (non-hydrogen) atoms. The molecule has 1 heterocycles. The summed E-state index contributed by atoms with van der Waals surface area (Å²) in [6.07, 6.45) is 0. The van der Waals surface area contributed by atoms with Crippen molar-refractivity contribution in [2.24, 2.45) is 0 Å². The highest BCUT2D eigenvalue weighted by Gasteiger charge is 2.14. The lowest BCUT2D eigenvalue weighted by Crippen LogP contribution is -2.01. The van der Waals surface area contributed by atoms with E-state index in [0.717, 1.165) is 11.1 Å². The third-order valence-electron chi connectivity index (χ3n) is 3.04. The van der Waals surface area contributed by atoms with Crippen LogP contribution in [0.5, 0.6) is 0 Å². The van der Waals surface area contributed by atoms with E-state index >= 15 is 0 Å². The largest absolute Gasteiger partial charge is 0.465 e. The lowest BCUT2D eigenvalue weighted by atomic mass is 10.2. The van der Waals surface area contributed by atoms with Crippen LogP contribution in [-0.4, -0.2) is 23.0 Å². The highest BCUT2D eigenvalue weighted by molar-refractivity contribution is 6.30. The highest BCUT2D eigenvalue weighted by atomic mass is 35.5. The van der Waals surface area contributed by atoms with Gasteiger partial charge in [0.1, 0.15) is 11.3 Å². The molecule has 0 spiro atoms. The van der Waals surface area contributed by atoms with Gasteiger partial charge in [-0.2, -0.15) is 0 Å². The molecule has 0 amide bonds. The van der Waals surface area contributed by atoms with Crippen molar-refractivity contribution in [2.45, 2.75) is 0 Å². The van der Waals surface area contributed by atoms with Crippen molar-refractivity contribution in [3.63, 3.8) is 0 Å². The van der Waals surface area contributed by atoms with Gasteiger partial charge in [0.15, 0.2) is 0 Å². The molecule has 0 fully saturated rings. The molecule has 0 aliphatic carbocycles. The van der Waals surface area contributed by atoms with Gasteiger partial charge < -0.3 is 9.72 Å². The maximum atomic E-state index is 11.7. The molecule has 5 heteroatoms. The van der Waals surface area contributed by atoms with Crippen LogP contribution in [0, 0.1) is 0 Å². The fraction of sp³-hybridized carbons (Fsp3) is 0.0667. The second-order valence-corrected chi connectivity index (χ2v) is 4.72. The summed E-state index contributed by atoms with van der Waals surface area (Å²) < 4.78 is 4.76. The molecule has 0 saturated carbocycles. The monoisotopic (exact) mass is 286 g/mol. The van der Waals surface area contributed by atoms with Crippen LogP contribution >= 0.6 is 11.6 Å². The quantitative estimate of drug-likeness (QED) is 0.731. The Labute approximate surface area is 120 Å². The SMILES string of the molecule is COC(=O)c1cccc2[nH]c(-c3ccc(Cl)cc3)nc12. The number of H-pyrrole nitrogens is 1. The third kappa shape index (κ3) is 2.14. The van der Waals surface area contributed by atoms with E-state index in [1.54, 1.807) is 24.3 Å². The van der Waals surface area contributed by atoms with Gasteiger partial charge in [-0.1, -0.05) is 17.7 Å². The number of hydrogen-bond donors (Lipinski definition) is 1. The first kappa shape index (κ1) is 12.7. The molecule has 3 aromatic rings. The Morgan fingerprint density at radius 3 is 2.65 bits per heavy atom. The number of aromatic amines is 1. The molecule has 0 saturated heterocycles. The number of nitrogens with zero attached hydrogens (tertiary/aromatic N) is 1. The van der Waals surface area contributed by atoms with E-state index in [2.05, 4.69) is 9.97 Å². The summed E-state index contributed by atoms with van der Waals surface area (Å²) in [6, 6.07) is 12.7. The average Bonchev–Trinajstić information content (AvgIpc) is 2.91. The average molecular weight is 287 g/mol. The first-order valence-corrected chi connectivity index (χ1v) is 6.40. The molecule has 100 valence electrons. The van der Waals surface area contributed by atoms with Crippen molar-refractivity contribution in [3.8, 4) is 11.4 Å². The van der Waals surface area contributed by atoms with Crippen molar-refractivity contribution in [1.82, 2.24) is 9.97 Å². The van der Waals surface area contributed by atoms with Gasteiger partial charge in [-0.3, -0.25) is 0 Å². The smallest absolute Gasteiger partial charge is 0.340 e. The molecule has 2 aromatic carbocycles. The molecule has 0 radical (unpaired) electrons. The van der Waals surface area contributed by atoms with Gasteiger partial charge in [-0.05, 0) is 36.4 Å². The number of carbonyl (C=O) groups is 1. The minimum absolute atomic E-state index is 0.398. The number of methoxy groups -OCH3 is 1. The van der Waals surface area contributed by atoms with Gasteiger partial charge in [0.25, 0.3) is 0 Å². The van der Waals surface area contributed by atoms with Crippen molar-refractivity contribution in [2.75, 3.05) is 7.11 Å². The number of esters is 1. The lowest BCUT2D eigenvalue weighted by molar-refractivity contribution is 0.0603. The zero-order valence-electron chi connectivity index (χ0n) is 10.7. The summed E-state index contributed by atoms with van der Waals surface area (Å²) in [6.45, 7) is 0. The van der Waals surface area contributed by atoms with E-state index in [1.165, 1.54) is 7.11 Å². The van der Waals surface area contributed by atoms with Gasteiger partial charge >= 0.3 is 5.97 Å². The minimum atomic E-state index is -0.398. The fourth-order valence-corrected chi connectivity index (χ4v) is 2.18. The van der Waals surface area contributed by atoms with Crippen molar-refractivity contribution in [1.29, 1.82) is 0 Å². The minimum Gasteiger partial charge on any atom is -0.465 e. The van der Waals surface area contributed by atoms with E-state index in [0.29, 0.717) is 21.9 Å². The van der Waals surface area contributed by atoms with Crippen LogP contribution in [0.1, 0.15) is 10.4 Å². The summed E-state index contributed by atoms with van der Waals surface area (Å²) in [5.74, 6) is 0.290. The number of ether oxygens (including phenoxy) is 1. The van der Waals surface area contributed by atoms with Crippen LogP contribution in [0.25, 0.3) is 22.4 Å². The molecule has 0 atom stereocenters. The lowest BCUT2D eigenvalue weighted by Gasteiger charge is -1.98. The van der Waals surface area contributed by atoms with Gasteiger partial charge in [-0.15, -0.1) is 0 Å². The number of nitrogens with one attached hydrogen (secondary N) is 1. The zero-order chi connectivity index (χ0) is 14.1. The number of fused-ring (bicyclic) bond motifs is 1. The summed E-state index contributed by atoms with van der Waals surface area (Å²) in [7, 11) is 1.36. The highest BCUT2D eigenvalue weighted by Crippen LogP contribution is 2.24. The summed E-state index contributed by atoms with van der Waals surface area (Å²) in [5, 5.41) is 0.667. The van der Waals surface area contributed by atoms with E-state index in [1.807, 2.05) is 18.2 Å². The summed E-state index contributed by atoms with van der Waals surface area (Å²) in [5.41, 5.74) is 2.74. The number of imidazole rings is 1. The normalized spacial score (nSPS) is 10.7. The number of aromatic nitrogens is 2. The Bertz CT molecular complexity index is 778. The predicted octanol–water partition coefficient (Wildman–Crippen LogP) is 3.67. The Balaban J connectivity index is 2.15. The second kappa shape index (κ2) is 4.98. The summed E-state index contributed by atoms with van der Waals surface area (Å²) >= 11 is 5.87. The number of benzene rings is 2. The standard InChI is InChI=1S/C15H11ClN2O2/c1-20-15(19)11-3-2-4-12-13(11)18-14(17-12)9-5-7-10(16)8-6-9/h2-8H,1H3,(H,17,18). The number of hydrogen-bond acceptors (Lipinski definition) is 3. The Morgan fingerprint density at radius 1 is 1.20 bits per heavy atom. The molecule has 1 aromatic heterocycles. The van der Waals surface area contributed by atoms with Gasteiger partial charge in [0.05, 0.1) is 18.2 Å². The van der Waals surface area contributed by atoms with Gasteiger partial charge in [0, 0.05) is 10.6 Å². The molecule has 0 aliphatic rings. The van der Waals surface area contributed by atoms with Crippen molar-refractivity contribution >= 4 is 28.6 Å². The van der Waals surface area contributed by atoms with E-state index in [9.17, 15) is 4.79 Å². The van der Waals surface area contributed by atoms with Gasteiger partial charge in [0.2, 0.25) is 0 Å². The number of halogens is 1. The summed E-state index contributed by atoms with van der Waals surface area (Å²) in [4.78, 5) is 19.4. The maximum Gasteiger partial charge on any atom is 0.340 e. The van der Waals surface area contributed by atoms with Gasteiger partial charge in [-0.25, -0.2) is 9.78 Å². The molecule has 0 aliphatic heterocycles. The molecular formula is C15H11ClN2O2. The maximum absolute atomic E-state index is 11.7. The fourth-order valence-electron chi connectivity index (χ4n) is 2.05. The van der Waals surface area contributed by atoms with Crippen LogP contribution in [-0.2, 0) is 4.74 Å². The van der Waals surface area contributed by atoms with Crippen molar-refractivity contribution in [3.05, 3.63) is 53.1 Å². The number of carbonyl (C=O) groups excluding carboxylic acids is 1. The molecule has 4 nitrogen and oxygen atoms in total. The van der Waals surface area contributed by atoms with E-state index in [-0.39, 0.29) is 0 Å². The van der Waals surface area contributed by atoms with Crippen LogP contribution in [0.2, 0.25) is 5.02 Å². The molecule has 0 bridgehead atoms. The molecular weight excluding hydrogens is 276 g/mol. The van der Waals surface area contributed by atoms with Crippen LogP contribution in [0.4, 0.5) is 0 Å². The van der Waals surface area contributed by atoms with Crippen LogP contribution in [0.3, 0.4) is 0 Å². The molecule has 0 unspecified atom stereocenters. The number of para-hydroxylation sites is 1. The topological polar surface area (TPSA) is 55.0 Å². The Hall–Kier alpha value is -2.33. The Morgan fingerprint density at radius 2 is 1.95 bits per heavy atom. The van der Waals surface area contributed by atoms with Crippen LogP contribution in [0.15, 0.2) is 42.5 Å². The first-order chi connectivity index (χ1) is 9.69. The second-order valence-electron chi connectivity index (χ2n) is 4.29.